The zero-order valence-corrected chi connectivity index (χ0v) is 19.9. The highest BCUT2D eigenvalue weighted by molar-refractivity contribution is 6.34. The standard InChI is InChI=1S/2C9H12Cl2N4/c2*1-14-2-4-15(5-3-14)8-7(10)6-12-9(11)13-8/h2*6H,2-5H2,1H3. The number of nitrogens with zero attached hydrogens (tertiary/aromatic N) is 8. The summed E-state index contributed by atoms with van der Waals surface area (Å²) in [5.41, 5.74) is 0. The van der Waals surface area contributed by atoms with Crippen molar-refractivity contribution in [2.24, 2.45) is 0 Å². The molecule has 4 rings (SSSR count). The van der Waals surface area contributed by atoms with Crippen LogP contribution in [0.1, 0.15) is 0 Å². The fourth-order valence-electron chi connectivity index (χ4n) is 3.15. The molecule has 0 spiro atoms. The van der Waals surface area contributed by atoms with Crippen LogP contribution in [0.15, 0.2) is 12.4 Å². The SMILES string of the molecule is CN1CCN(c2nc(Cl)ncc2Cl)CC1.CN1CCN(c2nc(Cl)ncc2Cl)CC1. The second-order valence-corrected chi connectivity index (χ2v) is 8.69. The monoisotopic (exact) mass is 492 g/mol. The van der Waals surface area contributed by atoms with Crippen molar-refractivity contribution in [3.8, 4) is 0 Å². The average molecular weight is 494 g/mol. The van der Waals surface area contributed by atoms with Gasteiger partial charge in [0.25, 0.3) is 0 Å². The first-order valence-corrected chi connectivity index (χ1v) is 11.1. The fourth-order valence-corrected chi connectivity index (χ4v) is 3.83. The van der Waals surface area contributed by atoms with Gasteiger partial charge in [0.05, 0.1) is 12.4 Å². The van der Waals surface area contributed by atoms with Crippen LogP contribution >= 0.6 is 46.4 Å². The van der Waals surface area contributed by atoms with Crippen molar-refractivity contribution >= 4 is 58.0 Å². The van der Waals surface area contributed by atoms with Gasteiger partial charge in [-0.1, -0.05) is 23.2 Å². The van der Waals surface area contributed by atoms with Crippen molar-refractivity contribution in [2.75, 3.05) is 76.3 Å². The summed E-state index contributed by atoms with van der Waals surface area (Å²) in [6.45, 7) is 7.73. The van der Waals surface area contributed by atoms with E-state index in [9.17, 15) is 0 Å². The van der Waals surface area contributed by atoms with Crippen molar-refractivity contribution in [1.82, 2.24) is 29.7 Å². The molecule has 30 heavy (non-hydrogen) atoms. The van der Waals surface area contributed by atoms with Crippen molar-refractivity contribution in [2.45, 2.75) is 0 Å². The largest absolute Gasteiger partial charge is 0.353 e. The number of likely N-dealkylation sites (N-methyl/N-ethyl adjacent to an activating group) is 2. The Morgan fingerprint density at radius 3 is 1.27 bits per heavy atom. The van der Waals surface area contributed by atoms with Crippen LogP contribution in [0.25, 0.3) is 0 Å². The predicted molar refractivity (Wildman–Crippen MR) is 124 cm³/mol. The van der Waals surface area contributed by atoms with E-state index in [4.69, 9.17) is 46.4 Å². The summed E-state index contributed by atoms with van der Waals surface area (Å²) < 4.78 is 0. The molecule has 0 unspecified atom stereocenters. The summed E-state index contributed by atoms with van der Waals surface area (Å²) in [5.74, 6) is 1.48. The third-order valence-corrected chi connectivity index (χ3v) is 5.90. The van der Waals surface area contributed by atoms with Gasteiger partial charge in [-0.15, -0.1) is 0 Å². The lowest BCUT2D eigenvalue weighted by atomic mass is 10.3. The highest BCUT2D eigenvalue weighted by atomic mass is 35.5. The number of hydrogen-bond acceptors (Lipinski definition) is 8. The highest BCUT2D eigenvalue weighted by Crippen LogP contribution is 2.25. The van der Waals surface area contributed by atoms with Gasteiger partial charge < -0.3 is 19.6 Å². The van der Waals surface area contributed by atoms with E-state index in [1.165, 1.54) is 0 Å². The van der Waals surface area contributed by atoms with Gasteiger partial charge in [-0.2, -0.15) is 9.97 Å². The Bertz CT molecular complexity index is 769. The van der Waals surface area contributed by atoms with Gasteiger partial charge in [0, 0.05) is 52.4 Å². The summed E-state index contributed by atoms with van der Waals surface area (Å²) in [7, 11) is 4.21. The van der Waals surface area contributed by atoms with Crippen LogP contribution in [-0.4, -0.2) is 96.2 Å². The number of rotatable bonds is 2. The first-order valence-electron chi connectivity index (χ1n) is 9.56. The lowest BCUT2D eigenvalue weighted by Crippen LogP contribution is -2.45. The number of halogens is 4. The van der Waals surface area contributed by atoms with E-state index in [2.05, 4.69) is 53.6 Å². The van der Waals surface area contributed by atoms with Crippen molar-refractivity contribution in [1.29, 1.82) is 0 Å². The van der Waals surface area contributed by atoms with Crippen LogP contribution in [0.3, 0.4) is 0 Å². The van der Waals surface area contributed by atoms with Crippen LogP contribution in [0, 0.1) is 0 Å². The summed E-state index contributed by atoms with van der Waals surface area (Å²) in [6, 6.07) is 0. The molecule has 2 saturated heterocycles. The van der Waals surface area contributed by atoms with Crippen LogP contribution in [0.2, 0.25) is 20.6 Å². The van der Waals surface area contributed by atoms with Crippen molar-refractivity contribution < 1.29 is 0 Å². The smallest absolute Gasteiger partial charge is 0.224 e. The van der Waals surface area contributed by atoms with Crippen molar-refractivity contribution in [3.63, 3.8) is 0 Å². The maximum absolute atomic E-state index is 6.03. The molecule has 0 aromatic carbocycles. The first kappa shape index (κ1) is 23.5. The molecule has 2 aromatic rings. The van der Waals surface area contributed by atoms with E-state index < -0.39 is 0 Å². The molecule has 164 valence electrons. The quantitative estimate of drug-likeness (QED) is 0.591. The zero-order chi connectivity index (χ0) is 21.7. The van der Waals surface area contributed by atoms with Crippen LogP contribution in [-0.2, 0) is 0 Å². The summed E-state index contributed by atoms with van der Waals surface area (Å²) >= 11 is 23.5. The van der Waals surface area contributed by atoms with E-state index >= 15 is 0 Å². The topological polar surface area (TPSA) is 64.5 Å². The van der Waals surface area contributed by atoms with Gasteiger partial charge >= 0.3 is 0 Å². The summed E-state index contributed by atoms with van der Waals surface area (Å²) in [6.07, 6.45) is 3.09. The molecule has 0 saturated carbocycles. The highest BCUT2D eigenvalue weighted by Gasteiger charge is 2.19. The van der Waals surface area contributed by atoms with Gasteiger partial charge in [0.1, 0.15) is 10.0 Å². The molecule has 0 bridgehead atoms. The Morgan fingerprint density at radius 1 is 0.600 bits per heavy atom. The van der Waals surface area contributed by atoms with Gasteiger partial charge in [-0.05, 0) is 37.3 Å². The Balaban J connectivity index is 0.000000171. The predicted octanol–water partition coefficient (Wildman–Crippen LogP) is 3.07. The minimum absolute atomic E-state index is 0.244. The molecular weight excluding hydrogens is 470 g/mol. The van der Waals surface area contributed by atoms with Crippen LogP contribution in [0.5, 0.6) is 0 Å². The minimum Gasteiger partial charge on any atom is -0.353 e. The third kappa shape index (κ3) is 6.42. The van der Waals surface area contributed by atoms with Crippen LogP contribution in [0.4, 0.5) is 11.6 Å². The van der Waals surface area contributed by atoms with E-state index in [0.717, 1.165) is 64.0 Å². The lowest BCUT2D eigenvalue weighted by Gasteiger charge is -2.33. The molecule has 0 aliphatic carbocycles. The zero-order valence-electron chi connectivity index (χ0n) is 16.9. The molecule has 4 heterocycles. The minimum atomic E-state index is 0.244. The Labute approximate surface area is 196 Å². The summed E-state index contributed by atoms with van der Waals surface area (Å²) in [4.78, 5) is 24.8. The molecule has 2 aromatic heterocycles. The summed E-state index contributed by atoms with van der Waals surface area (Å²) in [5, 5.41) is 1.61. The number of anilines is 2. The third-order valence-electron chi connectivity index (χ3n) is 5.00. The average Bonchev–Trinajstić information content (AvgIpc) is 2.73. The first-order chi connectivity index (χ1) is 14.3. The number of hydrogen-bond donors (Lipinski definition) is 0. The van der Waals surface area contributed by atoms with E-state index in [0.29, 0.717) is 10.0 Å². The molecule has 8 nitrogen and oxygen atoms in total. The Hall–Kier alpha value is -1.16. The van der Waals surface area contributed by atoms with Crippen molar-refractivity contribution in [3.05, 3.63) is 33.0 Å². The van der Waals surface area contributed by atoms with Gasteiger partial charge in [0.2, 0.25) is 10.6 Å². The molecular formula is C18H24Cl4N8. The molecule has 2 aliphatic rings. The molecule has 2 aliphatic heterocycles. The van der Waals surface area contributed by atoms with E-state index in [1.54, 1.807) is 12.4 Å². The normalized spacial score (nSPS) is 18.2. The maximum atomic E-state index is 6.03. The maximum Gasteiger partial charge on any atom is 0.224 e. The van der Waals surface area contributed by atoms with E-state index in [1.807, 2.05) is 0 Å². The number of aromatic nitrogens is 4. The second-order valence-electron chi connectivity index (χ2n) is 7.20. The lowest BCUT2D eigenvalue weighted by molar-refractivity contribution is 0.312. The fraction of sp³-hybridized carbons (Fsp3) is 0.556. The molecule has 0 amide bonds. The number of piperazine rings is 2. The molecule has 0 atom stereocenters. The molecule has 12 heteroatoms. The van der Waals surface area contributed by atoms with Crippen LogP contribution < -0.4 is 9.80 Å². The molecule has 0 radical (unpaired) electrons. The Kier molecular flexibility index (Phi) is 8.56. The molecule has 0 N–H and O–H groups in total. The van der Waals surface area contributed by atoms with Gasteiger partial charge in [0.15, 0.2) is 11.6 Å². The second kappa shape index (κ2) is 10.9. The molecule has 2 fully saturated rings. The van der Waals surface area contributed by atoms with Gasteiger partial charge in [-0.25, -0.2) is 9.97 Å². The Morgan fingerprint density at radius 2 is 0.933 bits per heavy atom. The van der Waals surface area contributed by atoms with E-state index in [-0.39, 0.29) is 10.6 Å². The van der Waals surface area contributed by atoms with Gasteiger partial charge in [-0.3, -0.25) is 0 Å².